The van der Waals surface area contributed by atoms with E-state index in [2.05, 4.69) is 14.5 Å². The van der Waals surface area contributed by atoms with E-state index >= 15 is 0 Å². The third-order valence-corrected chi connectivity index (χ3v) is 4.78. The van der Waals surface area contributed by atoms with Crippen LogP contribution in [0.1, 0.15) is 37.2 Å². The van der Waals surface area contributed by atoms with Crippen LogP contribution in [0.3, 0.4) is 0 Å². The molecule has 1 amide bonds. The Labute approximate surface area is 147 Å². The highest BCUT2D eigenvalue weighted by atomic mass is 16.3. The molecular weight excluding hydrogens is 318 g/mol. The number of carbonyl (C=O) groups is 1. The van der Waals surface area contributed by atoms with Crippen LogP contribution in [0, 0.1) is 0 Å². The zero-order chi connectivity index (χ0) is 17.8. The third kappa shape index (κ3) is 4.05. The van der Waals surface area contributed by atoms with Crippen molar-refractivity contribution in [1.82, 2.24) is 19.4 Å². The van der Waals surface area contributed by atoms with Crippen LogP contribution >= 0.6 is 0 Å². The minimum atomic E-state index is -0.845. The fourth-order valence-corrected chi connectivity index (χ4v) is 3.26. The summed E-state index contributed by atoms with van der Waals surface area (Å²) in [5, 5.41) is 9.51. The van der Waals surface area contributed by atoms with Gasteiger partial charge in [-0.2, -0.15) is 0 Å². The van der Waals surface area contributed by atoms with Crippen molar-refractivity contribution in [2.45, 2.75) is 44.4 Å². The van der Waals surface area contributed by atoms with E-state index in [9.17, 15) is 9.90 Å². The molecule has 2 unspecified atom stereocenters. The molecule has 1 saturated heterocycles. The van der Waals surface area contributed by atoms with Crippen molar-refractivity contribution in [1.29, 1.82) is 0 Å². The van der Waals surface area contributed by atoms with Gasteiger partial charge in [-0.05, 0) is 31.9 Å². The van der Waals surface area contributed by atoms with E-state index in [0.717, 1.165) is 24.4 Å². The molecule has 0 aromatic carbocycles. The second-order valence-corrected chi connectivity index (χ2v) is 6.60. The molecule has 7 nitrogen and oxygen atoms in total. The lowest BCUT2D eigenvalue weighted by Gasteiger charge is -2.34. The van der Waals surface area contributed by atoms with Gasteiger partial charge in [0.1, 0.15) is 11.9 Å². The standard InChI is InChI=1S/C18H25N5O2/c1-13(24)16(19)18(25)22-9-5-14(6-10-22)17-21-8-11-23(17)12-15-4-2-3-7-20-15/h2-4,7-8,11,13-14,16,24H,5-6,9-10,12,19H2,1H3. The molecule has 1 aliphatic rings. The van der Waals surface area contributed by atoms with Crippen LogP contribution in [0.4, 0.5) is 0 Å². The monoisotopic (exact) mass is 343 g/mol. The van der Waals surface area contributed by atoms with Gasteiger partial charge in [-0.1, -0.05) is 6.07 Å². The smallest absolute Gasteiger partial charge is 0.242 e. The van der Waals surface area contributed by atoms with E-state index in [0.29, 0.717) is 25.6 Å². The highest BCUT2D eigenvalue weighted by Gasteiger charge is 2.30. The van der Waals surface area contributed by atoms with Gasteiger partial charge in [-0.3, -0.25) is 9.78 Å². The lowest BCUT2D eigenvalue weighted by molar-refractivity contribution is -0.135. The Morgan fingerprint density at radius 2 is 2.08 bits per heavy atom. The largest absolute Gasteiger partial charge is 0.391 e. The van der Waals surface area contributed by atoms with Gasteiger partial charge >= 0.3 is 0 Å². The molecule has 2 aromatic heterocycles. The quantitative estimate of drug-likeness (QED) is 0.834. The number of nitrogens with two attached hydrogens (primary N) is 1. The first-order valence-electron chi connectivity index (χ1n) is 8.69. The van der Waals surface area contributed by atoms with Crippen molar-refractivity contribution in [2.75, 3.05) is 13.1 Å². The number of piperidine rings is 1. The summed E-state index contributed by atoms with van der Waals surface area (Å²) in [6.45, 7) is 3.52. The van der Waals surface area contributed by atoms with Crippen molar-refractivity contribution < 1.29 is 9.90 Å². The number of amides is 1. The summed E-state index contributed by atoms with van der Waals surface area (Å²) in [6, 6.07) is 5.04. The van der Waals surface area contributed by atoms with Crippen LogP contribution < -0.4 is 5.73 Å². The number of nitrogens with zero attached hydrogens (tertiary/aromatic N) is 4. The number of carbonyl (C=O) groups excluding carboxylic acids is 1. The van der Waals surface area contributed by atoms with Gasteiger partial charge in [0.2, 0.25) is 5.91 Å². The molecule has 1 fully saturated rings. The van der Waals surface area contributed by atoms with Gasteiger partial charge < -0.3 is 20.3 Å². The number of hydrogen-bond acceptors (Lipinski definition) is 5. The van der Waals surface area contributed by atoms with Gasteiger partial charge in [0.25, 0.3) is 0 Å². The minimum Gasteiger partial charge on any atom is -0.391 e. The van der Waals surface area contributed by atoms with Crippen molar-refractivity contribution in [3.05, 3.63) is 48.3 Å². The molecule has 2 atom stereocenters. The Kier molecular flexibility index (Phi) is 5.45. The Balaban J connectivity index is 1.62. The Morgan fingerprint density at radius 3 is 2.72 bits per heavy atom. The molecule has 1 aliphatic heterocycles. The number of likely N-dealkylation sites (tertiary alicyclic amines) is 1. The lowest BCUT2D eigenvalue weighted by Crippen LogP contribution is -2.51. The second-order valence-electron chi connectivity index (χ2n) is 6.60. The van der Waals surface area contributed by atoms with Crippen molar-refractivity contribution in [3.8, 4) is 0 Å². The van der Waals surface area contributed by atoms with E-state index < -0.39 is 12.1 Å². The molecule has 25 heavy (non-hydrogen) atoms. The van der Waals surface area contributed by atoms with Gasteiger partial charge in [0.05, 0.1) is 18.3 Å². The first kappa shape index (κ1) is 17.6. The Hall–Kier alpha value is -2.25. The Bertz CT molecular complexity index is 693. The molecule has 3 N–H and O–H groups in total. The molecule has 0 radical (unpaired) electrons. The molecule has 2 aromatic rings. The molecule has 0 bridgehead atoms. The van der Waals surface area contributed by atoms with Crippen LogP contribution in [0.2, 0.25) is 0 Å². The second kappa shape index (κ2) is 7.76. The average Bonchev–Trinajstić information content (AvgIpc) is 3.09. The fraction of sp³-hybridized carbons (Fsp3) is 0.500. The van der Waals surface area contributed by atoms with Crippen molar-refractivity contribution in [3.63, 3.8) is 0 Å². The van der Waals surface area contributed by atoms with E-state index in [1.165, 1.54) is 0 Å². The average molecular weight is 343 g/mol. The number of imidazole rings is 1. The van der Waals surface area contributed by atoms with Gasteiger partial charge in [0.15, 0.2) is 0 Å². The van der Waals surface area contributed by atoms with Gasteiger partial charge in [-0.25, -0.2) is 4.98 Å². The van der Waals surface area contributed by atoms with Crippen LogP contribution in [0.25, 0.3) is 0 Å². The van der Waals surface area contributed by atoms with Crippen molar-refractivity contribution in [2.24, 2.45) is 5.73 Å². The summed E-state index contributed by atoms with van der Waals surface area (Å²) in [5.41, 5.74) is 6.76. The van der Waals surface area contributed by atoms with E-state index in [-0.39, 0.29) is 5.91 Å². The lowest BCUT2D eigenvalue weighted by atomic mass is 9.95. The molecule has 134 valence electrons. The third-order valence-electron chi connectivity index (χ3n) is 4.78. The molecule has 3 rings (SSSR count). The SMILES string of the molecule is CC(O)C(N)C(=O)N1CCC(c2nccn2Cc2ccccn2)CC1. The molecule has 0 spiro atoms. The normalized spacial score (nSPS) is 18.1. The van der Waals surface area contributed by atoms with Crippen LogP contribution in [0.15, 0.2) is 36.8 Å². The topological polar surface area (TPSA) is 97.3 Å². The zero-order valence-electron chi connectivity index (χ0n) is 14.5. The molecule has 0 aliphatic carbocycles. The zero-order valence-corrected chi connectivity index (χ0v) is 14.5. The maximum atomic E-state index is 12.3. The number of hydrogen-bond donors (Lipinski definition) is 2. The van der Waals surface area contributed by atoms with Gasteiger partial charge in [0, 0.05) is 37.6 Å². The van der Waals surface area contributed by atoms with Crippen LogP contribution in [0.5, 0.6) is 0 Å². The van der Waals surface area contributed by atoms with Gasteiger partial charge in [-0.15, -0.1) is 0 Å². The first-order chi connectivity index (χ1) is 12.1. The maximum Gasteiger partial charge on any atom is 0.242 e. The number of rotatable bonds is 5. The van der Waals surface area contributed by atoms with Crippen LogP contribution in [-0.4, -0.2) is 55.7 Å². The highest BCUT2D eigenvalue weighted by Crippen LogP contribution is 2.27. The molecule has 7 heteroatoms. The summed E-state index contributed by atoms with van der Waals surface area (Å²) >= 11 is 0. The number of aromatic nitrogens is 3. The summed E-state index contributed by atoms with van der Waals surface area (Å²) in [6.07, 6.45) is 6.45. The summed E-state index contributed by atoms with van der Waals surface area (Å²) in [4.78, 5) is 22.9. The number of aliphatic hydroxyl groups is 1. The molecular formula is C18H25N5O2. The fourth-order valence-electron chi connectivity index (χ4n) is 3.26. The highest BCUT2D eigenvalue weighted by molar-refractivity contribution is 5.82. The molecule has 0 saturated carbocycles. The minimum absolute atomic E-state index is 0.176. The number of pyridine rings is 1. The van der Waals surface area contributed by atoms with E-state index in [1.807, 2.05) is 30.6 Å². The first-order valence-corrected chi connectivity index (χ1v) is 8.69. The summed E-state index contributed by atoms with van der Waals surface area (Å²) in [5.74, 6) is 1.17. The maximum absolute atomic E-state index is 12.3. The number of aliphatic hydroxyl groups excluding tert-OH is 1. The summed E-state index contributed by atoms with van der Waals surface area (Å²) in [7, 11) is 0. The van der Waals surface area contributed by atoms with Crippen molar-refractivity contribution >= 4 is 5.91 Å². The summed E-state index contributed by atoms with van der Waals surface area (Å²) < 4.78 is 2.13. The Morgan fingerprint density at radius 1 is 1.32 bits per heavy atom. The van der Waals surface area contributed by atoms with E-state index in [1.54, 1.807) is 18.0 Å². The molecule has 3 heterocycles. The predicted molar refractivity (Wildman–Crippen MR) is 93.8 cm³/mol. The predicted octanol–water partition coefficient (Wildman–Crippen LogP) is 0.741. The van der Waals surface area contributed by atoms with E-state index in [4.69, 9.17) is 5.73 Å². The van der Waals surface area contributed by atoms with Crippen LogP contribution in [-0.2, 0) is 11.3 Å².